The minimum Gasteiger partial charge on any atom is -0.383 e. The minimum absolute atomic E-state index is 0.593. The Hall–Kier alpha value is -3.09. The van der Waals surface area contributed by atoms with Crippen molar-refractivity contribution in [1.82, 2.24) is 20.2 Å². The van der Waals surface area contributed by atoms with Gasteiger partial charge in [-0.15, -0.1) is 5.10 Å². The summed E-state index contributed by atoms with van der Waals surface area (Å²) in [4.78, 5) is 7.19. The fraction of sp³-hybridized carbons (Fsp3) is 0.450. The number of nitrogens with zero attached hydrogens (tertiary/aromatic N) is 6. The van der Waals surface area contributed by atoms with Crippen molar-refractivity contribution in [1.29, 1.82) is 5.26 Å². The molecule has 2 aromatic heterocycles. The Labute approximate surface area is 169 Å². The van der Waals surface area contributed by atoms with Gasteiger partial charge in [0, 0.05) is 12.5 Å². The Bertz CT molecular complexity index is 1030. The summed E-state index contributed by atoms with van der Waals surface area (Å²) in [7, 11) is 1.68. The van der Waals surface area contributed by atoms with Crippen LogP contribution in [0.4, 0.5) is 5.82 Å². The lowest BCUT2D eigenvalue weighted by atomic mass is 10.1. The number of pyridine rings is 1. The molecule has 9 heteroatoms. The predicted octanol–water partition coefficient (Wildman–Crippen LogP) is -0.628. The molecule has 0 spiro atoms. The molecule has 0 unspecified atom stereocenters. The van der Waals surface area contributed by atoms with Gasteiger partial charge in [-0.2, -0.15) is 5.26 Å². The molecule has 1 saturated heterocycles. The molecule has 29 heavy (non-hydrogen) atoms. The third-order valence-electron chi connectivity index (χ3n) is 5.44. The van der Waals surface area contributed by atoms with Gasteiger partial charge in [-0.1, -0.05) is 11.6 Å². The first-order valence-electron chi connectivity index (χ1n) is 9.87. The highest BCUT2D eigenvalue weighted by molar-refractivity contribution is 5.79. The third-order valence-corrected chi connectivity index (χ3v) is 5.44. The maximum absolute atomic E-state index is 9.67. The summed E-state index contributed by atoms with van der Waals surface area (Å²) in [5.41, 5.74) is 2.93. The summed E-state index contributed by atoms with van der Waals surface area (Å²) >= 11 is 0. The van der Waals surface area contributed by atoms with Crippen molar-refractivity contribution in [2.45, 2.75) is 20.0 Å². The summed E-state index contributed by atoms with van der Waals surface area (Å²) in [6, 6.07) is 10.6. The zero-order chi connectivity index (χ0) is 20.2. The zero-order valence-corrected chi connectivity index (χ0v) is 16.9. The van der Waals surface area contributed by atoms with Gasteiger partial charge in [-0.05, 0) is 35.5 Å². The van der Waals surface area contributed by atoms with Crippen molar-refractivity contribution in [2.75, 3.05) is 44.8 Å². The first-order chi connectivity index (χ1) is 14.2. The molecular weight excluding hydrogens is 368 g/mol. The topological polar surface area (TPSA) is 98.4 Å². The van der Waals surface area contributed by atoms with Crippen molar-refractivity contribution >= 4 is 16.7 Å². The Morgan fingerprint density at radius 3 is 2.86 bits per heavy atom. The van der Waals surface area contributed by atoms with Crippen LogP contribution in [0.2, 0.25) is 0 Å². The fourth-order valence-electron chi connectivity index (χ4n) is 3.82. The lowest BCUT2D eigenvalue weighted by Crippen LogP contribution is -3.13. The quantitative estimate of drug-likeness (QED) is 0.598. The molecule has 0 aliphatic carbocycles. The molecule has 2 N–H and O–H groups in total. The number of fused-ring (bicyclic) bond motifs is 1. The van der Waals surface area contributed by atoms with E-state index in [1.165, 1.54) is 10.5 Å². The van der Waals surface area contributed by atoms with Crippen molar-refractivity contribution in [3.8, 4) is 6.07 Å². The first kappa shape index (κ1) is 19.2. The molecule has 1 aliphatic rings. The van der Waals surface area contributed by atoms with Crippen LogP contribution in [0.1, 0.15) is 17.0 Å². The number of nitrogens with one attached hydrogen (secondary N) is 2. The number of rotatable bonds is 6. The van der Waals surface area contributed by atoms with Crippen molar-refractivity contribution in [2.24, 2.45) is 0 Å². The average Bonchev–Trinajstić information content (AvgIpc) is 3.18. The van der Waals surface area contributed by atoms with Crippen LogP contribution in [0.5, 0.6) is 0 Å². The number of ether oxygens (including phenoxy) is 1. The zero-order valence-electron chi connectivity index (χ0n) is 16.9. The number of H-pyrrole nitrogens is 1. The lowest BCUT2D eigenvalue weighted by molar-refractivity contribution is -0.915. The molecule has 1 fully saturated rings. The van der Waals surface area contributed by atoms with E-state index in [0.29, 0.717) is 18.7 Å². The minimum atomic E-state index is 0.593. The van der Waals surface area contributed by atoms with E-state index in [0.717, 1.165) is 55.3 Å². The van der Waals surface area contributed by atoms with Crippen molar-refractivity contribution in [3.05, 3.63) is 41.2 Å². The number of aryl methyl sites for hydroxylation is 1. The number of piperazine rings is 1. The molecule has 0 saturated carbocycles. The maximum Gasteiger partial charge on any atom is 0.293 e. The molecule has 1 aliphatic heterocycles. The van der Waals surface area contributed by atoms with Gasteiger partial charge in [0.25, 0.3) is 5.82 Å². The molecule has 0 atom stereocenters. The van der Waals surface area contributed by atoms with Crippen LogP contribution >= 0.6 is 0 Å². The number of hydrogen-bond donors (Lipinski definition) is 1. The number of quaternary nitrogens is 1. The summed E-state index contributed by atoms with van der Waals surface area (Å²) in [6.07, 6.45) is 0. The molecule has 150 valence electrons. The van der Waals surface area contributed by atoms with Crippen molar-refractivity contribution in [3.63, 3.8) is 0 Å². The third kappa shape index (κ3) is 4.18. The summed E-state index contributed by atoms with van der Waals surface area (Å²) in [5.74, 6) is 1.80. The number of aromatic nitrogens is 5. The van der Waals surface area contributed by atoms with Crippen LogP contribution in [-0.2, 0) is 17.8 Å². The van der Waals surface area contributed by atoms with Gasteiger partial charge in [-0.3, -0.25) is 0 Å². The van der Waals surface area contributed by atoms with E-state index in [1.807, 2.05) is 10.7 Å². The highest BCUT2D eigenvalue weighted by Gasteiger charge is 2.30. The number of nitriles is 1. The van der Waals surface area contributed by atoms with Gasteiger partial charge in [0.1, 0.15) is 49.9 Å². The average molecular weight is 394 g/mol. The van der Waals surface area contributed by atoms with Crippen LogP contribution in [-0.4, -0.2) is 60.1 Å². The monoisotopic (exact) mass is 394 g/mol. The number of aromatic amines is 1. The Morgan fingerprint density at radius 1 is 1.28 bits per heavy atom. The predicted molar refractivity (Wildman–Crippen MR) is 106 cm³/mol. The second-order valence-corrected chi connectivity index (χ2v) is 7.46. The molecule has 3 heterocycles. The fourth-order valence-corrected chi connectivity index (χ4v) is 3.82. The second kappa shape index (κ2) is 8.51. The smallest absolute Gasteiger partial charge is 0.293 e. The second-order valence-electron chi connectivity index (χ2n) is 7.46. The van der Waals surface area contributed by atoms with Gasteiger partial charge >= 0.3 is 0 Å². The van der Waals surface area contributed by atoms with E-state index in [-0.39, 0.29) is 0 Å². The normalized spacial score (nSPS) is 15.0. The highest BCUT2D eigenvalue weighted by atomic mass is 16.5. The largest absolute Gasteiger partial charge is 0.383 e. The number of anilines is 1. The van der Waals surface area contributed by atoms with Crippen LogP contribution in [0.3, 0.4) is 0 Å². The molecule has 3 aromatic rings. The summed E-state index contributed by atoms with van der Waals surface area (Å²) in [6.45, 7) is 7.77. The first-order valence-corrected chi connectivity index (χ1v) is 9.87. The van der Waals surface area contributed by atoms with Gasteiger partial charge in [0.15, 0.2) is 0 Å². The Kier molecular flexibility index (Phi) is 5.64. The Morgan fingerprint density at radius 2 is 2.10 bits per heavy atom. The van der Waals surface area contributed by atoms with E-state index < -0.39 is 0 Å². The number of benzene rings is 1. The summed E-state index contributed by atoms with van der Waals surface area (Å²) < 4.78 is 6.94. The van der Waals surface area contributed by atoms with Crippen LogP contribution in [0.25, 0.3) is 10.9 Å². The number of hydrogen-bond acceptors (Lipinski definition) is 6. The van der Waals surface area contributed by atoms with Crippen molar-refractivity contribution < 1.29 is 14.6 Å². The standard InChI is InChI=1S/C20H24N8O/c1-15-3-4-18-16(11-15)12-17(13-21)20(22-18)27-7-5-26(6-8-27)14-19-23-24-25-28(19)9-10-29-2/h3-4,11-12H,5-10,14H2,1-2H3/p+2. The maximum atomic E-state index is 9.67. The van der Waals surface area contributed by atoms with Gasteiger partial charge < -0.3 is 9.64 Å². The number of tetrazole rings is 1. The van der Waals surface area contributed by atoms with Crippen LogP contribution < -0.4 is 14.8 Å². The van der Waals surface area contributed by atoms with E-state index in [4.69, 9.17) is 4.74 Å². The van der Waals surface area contributed by atoms with Crippen LogP contribution in [0, 0.1) is 18.3 Å². The van der Waals surface area contributed by atoms with Crippen LogP contribution in [0.15, 0.2) is 24.3 Å². The molecule has 9 nitrogen and oxygen atoms in total. The summed E-state index contributed by atoms with van der Waals surface area (Å²) in [5, 5.41) is 22.8. The molecule has 4 rings (SSSR count). The highest BCUT2D eigenvalue weighted by Crippen LogP contribution is 2.20. The molecule has 1 aromatic carbocycles. The van der Waals surface area contributed by atoms with Gasteiger partial charge in [0.05, 0.1) is 13.2 Å². The Balaban J connectivity index is 1.45. The van der Waals surface area contributed by atoms with Gasteiger partial charge in [0.2, 0.25) is 5.82 Å². The molecule has 0 bridgehead atoms. The van der Waals surface area contributed by atoms with E-state index >= 15 is 0 Å². The molecule has 0 radical (unpaired) electrons. The number of methoxy groups -OCH3 is 1. The van der Waals surface area contributed by atoms with Gasteiger partial charge in [-0.25, -0.2) is 14.6 Å². The van der Waals surface area contributed by atoms with E-state index in [9.17, 15) is 5.26 Å². The SMILES string of the molecule is COCCn1nnnc1C[NH+]1CCN(c2[nH+]c3ccc(C)cc3cc2C#N)CC1. The molecular formula is C20H26N8O+2. The lowest BCUT2D eigenvalue weighted by Gasteiger charge is -2.28. The van der Waals surface area contributed by atoms with E-state index in [2.05, 4.69) is 56.6 Å². The molecule has 0 amide bonds. The van der Waals surface area contributed by atoms with E-state index in [1.54, 1.807) is 7.11 Å².